The number of nitrogens with zero attached hydrogens (tertiary/aromatic N) is 1. The first-order valence-electron chi connectivity index (χ1n) is 7.19. The molecule has 0 aliphatic rings. The van der Waals surface area contributed by atoms with Crippen LogP contribution in [0.4, 0.5) is 13.2 Å². The number of carbonyl (C=O) groups is 1. The molecular weight excluding hydrogens is 323 g/mol. The Hall–Kier alpha value is -2.64. The molecule has 1 unspecified atom stereocenters. The van der Waals surface area contributed by atoms with Crippen molar-refractivity contribution in [2.45, 2.75) is 32.5 Å². The Morgan fingerprint density at radius 2 is 2.00 bits per heavy atom. The molecule has 0 saturated heterocycles. The van der Waals surface area contributed by atoms with Crippen LogP contribution in [-0.4, -0.2) is 15.9 Å². The van der Waals surface area contributed by atoms with E-state index in [0.29, 0.717) is 5.69 Å². The number of hydrogen-bond acceptors (Lipinski definition) is 3. The molecule has 5 nitrogen and oxygen atoms in total. The van der Waals surface area contributed by atoms with Crippen LogP contribution in [0.3, 0.4) is 0 Å². The zero-order valence-corrected chi connectivity index (χ0v) is 13.1. The highest BCUT2D eigenvalue weighted by molar-refractivity contribution is 5.83. The van der Waals surface area contributed by atoms with Crippen LogP contribution in [0.15, 0.2) is 35.1 Å². The Morgan fingerprint density at radius 3 is 2.62 bits per heavy atom. The minimum Gasteiger partial charge on any atom is -0.348 e. The van der Waals surface area contributed by atoms with Gasteiger partial charge in [-0.2, -0.15) is 13.2 Å². The van der Waals surface area contributed by atoms with Gasteiger partial charge in [0.15, 0.2) is 0 Å². The van der Waals surface area contributed by atoms with Crippen molar-refractivity contribution in [2.75, 3.05) is 0 Å². The highest BCUT2D eigenvalue weighted by Crippen LogP contribution is 2.35. The third kappa shape index (κ3) is 4.21. The van der Waals surface area contributed by atoms with Gasteiger partial charge < -0.3 is 10.3 Å². The van der Waals surface area contributed by atoms with Crippen LogP contribution in [0.2, 0.25) is 0 Å². The van der Waals surface area contributed by atoms with E-state index < -0.39 is 23.6 Å². The summed E-state index contributed by atoms with van der Waals surface area (Å²) < 4.78 is 39.1. The lowest BCUT2D eigenvalue weighted by atomic mass is 9.94. The Balaban J connectivity index is 2.14. The van der Waals surface area contributed by atoms with Crippen molar-refractivity contribution in [1.82, 2.24) is 15.3 Å². The smallest absolute Gasteiger partial charge is 0.348 e. The van der Waals surface area contributed by atoms with Gasteiger partial charge in [-0.25, -0.2) is 4.98 Å². The maximum atomic E-state index is 13.0. The summed E-state index contributed by atoms with van der Waals surface area (Å²) in [5.41, 5.74) is -0.816. The van der Waals surface area contributed by atoms with Gasteiger partial charge in [-0.3, -0.25) is 9.59 Å². The molecule has 0 bridgehead atoms. The predicted molar refractivity (Wildman–Crippen MR) is 81.3 cm³/mol. The van der Waals surface area contributed by atoms with E-state index in [2.05, 4.69) is 15.3 Å². The van der Waals surface area contributed by atoms with Crippen molar-refractivity contribution in [1.29, 1.82) is 0 Å². The molecule has 1 aromatic heterocycles. The molecule has 0 aliphatic carbocycles. The number of alkyl halides is 3. The van der Waals surface area contributed by atoms with Gasteiger partial charge in [0.05, 0.1) is 18.0 Å². The minimum atomic E-state index is -4.53. The lowest BCUT2D eigenvalue weighted by molar-refractivity contribution is -0.138. The summed E-state index contributed by atoms with van der Waals surface area (Å²) in [6, 6.07) is 6.25. The van der Waals surface area contributed by atoms with Crippen LogP contribution in [0.5, 0.6) is 0 Å². The maximum Gasteiger partial charge on any atom is 0.416 e. The zero-order chi connectivity index (χ0) is 17.9. The zero-order valence-electron chi connectivity index (χ0n) is 13.1. The van der Waals surface area contributed by atoms with Crippen molar-refractivity contribution in [3.05, 3.63) is 63.3 Å². The third-order valence-electron chi connectivity index (χ3n) is 3.47. The summed E-state index contributed by atoms with van der Waals surface area (Å²) in [6.07, 6.45) is -4.53. The van der Waals surface area contributed by atoms with Gasteiger partial charge in [-0.15, -0.1) is 0 Å². The third-order valence-corrected chi connectivity index (χ3v) is 3.47. The minimum absolute atomic E-state index is 0.0751. The van der Waals surface area contributed by atoms with Crippen molar-refractivity contribution >= 4 is 5.91 Å². The number of aromatic nitrogens is 2. The Kier molecular flexibility index (Phi) is 5.06. The quantitative estimate of drug-likeness (QED) is 0.899. The molecule has 0 radical (unpaired) electrons. The fourth-order valence-electron chi connectivity index (χ4n) is 2.32. The van der Waals surface area contributed by atoms with Crippen molar-refractivity contribution in [2.24, 2.45) is 0 Å². The lowest BCUT2D eigenvalue weighted by Crippen LogP contribution is -2.30. The molecule has 1 aromatic carbocycles. The van der Waals surface area contributed by atoms with Crippen LogP contribution in [0.1, 0.15) is 35.5 Å². The second kappa shape index (κ2) is 6.86. The normalized spacial score (nSPS) is 12.7. The number of amides is 1. The van der Waals surface area contributed by atoms with Crippen LogP contribution in [0, 0.1) is 6.92 Å². The Labute approximate surface area is 135 Å². The SMILES string of the molecule is Cc1cc(=O)[nH]c(CNC(=O)C(C)c2ccccc2C(F)(F)F)n1. The van der Waals surface area contributed by atoms with Gasteiger partial charge in [0.1, 0.15) is 5.82 Å². The molecule has 0 saturated carbocycles. The number of carbonyl (C=O) groups excluding carboxylic acids is 1. The monoisotopic (exact) mass is 339 g/mol. The molecule has 1 heterocycles. The van der Waals surface area contributed by atoms with Crippen molar-refractivity contribution < 1.29 is 18.0 Å². The number of benzene rings is 1. The molecule has 1 amide bonds. The number of nitrogens with one attached hydrogen (secondary N) is 2. The highest BCUT2D eigenvalue weighted by atomic mass is 19.4. The van der Waals surface area contributed by atoms with Crippen molar-refractivity contribution in [3.8, 4) is 0 Å². The standard InChI is InChI=1S/C16H16F3N3O2/c1-9-7-14(23)22-13(21-9)8-20-15(24)10(2)11-5-3-4-6-12(11)16(17,18)19/h3-7,10H,8H2,1-2H3,(H,20,24)(H,21,22,23). The van der Waals surface area contributed by atoms with Crippen molar-refractivity contribution in [3.63, 3.8) is 0 Å². The summed E-state index contributed by atoms with van der Waals surface area (Å²) in [5, 5.41) is 2.49. The molecule has 128 valence electrons. The van der Waals surface area contributed by atoms with Crippen LogP contribution >= 0.6 is 0 Å². The van der Waals surface area contributed by atoms with E-state index in [1.807, 2.05) is 0 Å². The summed E-state index contributed by atoms with van der Waals surface area (Å²) in [7, 11) is 0. The van der Waals surface area contributed by atoms with Gasteiger partial charge in [-0.1, -0.05) is 18.2 Å². The fraction of sp³-hybridized carbons (Fsp3) is 0.312. The van der Waals surface area contributed by atoms with Crippen LogP contribution < -0.4 is 10.9 Å². The summed E-state index contributed by atoms with van der Waals surface area (Å²) >= 11 is 0. The van der Waals surface area contributed by atoms with E-state index in [9.17, 15) is 22.8 Å². The number of aryl methyl sites for hydroxylation is 1. The van der Waals surface area contributed by atoms with E-state index in [1.54, 1.807) is 6.92 Å². The molecule has 0 spiro atoms. The topological polar surface area (TPSA) is 74.8 Å². The first kappa shape index (κ1) is 17.7. The van der Waals surface area contributed by atoms with Gasteiger partial charge in [0.25, 0.3) is 5.56 Å². The molecule has 0 aliphatic heterocycles. The average Bonchev–Trinajstić information content (AvgIpc) is 2.50. The number of H-pyrrole nitrogens is 1. The fourth-order valence-corrected chi connectivity index (χ4v) is 2.32. The molecule has 0 fully saturated rings. The predicted octanol–water partition coefficient (Wildman–Crippen LogP) is 2.52. The molecule has 2 rings (SSSR count). The summed E-state index contributed by atoms with van der Waals surface area (Å²) in [5.74, 6) is -1.35. The number of rotatable bonds is 4. The number of halogens is 3. The first-order valence-corrected chi connectivity index (χ1v) is 7.19. The summed E-state index contributed by atoms with van der Waals surface area (Å²) in [6.45, 7) is 2.95. The maximum absolute atomic E-state index is 13.0. The lowest BCUT2D eigenvalue weighted by Gasteiger charge is -2.18. The highest BCUT2D eigenvalue weighted by Gasteiger charge is 2.35. The van der Waals surface area contributed by atoms with Gasteiger partial charge in [-0.05, 0) is 25.5 Å². The average molecular weight is 339 g/mol. The second-order valence-corrected chi connectivity index (χ2v) is 5.36. The molecule has 24 heavy (non-hydrogen) atoms. The molecule has 8 heteroatoms. The van der Waals surface area contributed by atoms with E-state index in [1.165, 1.54) is 31.2 Å². The largest absolute Gasteiger partial charge is 0.416 e. The van der Waals surface area contributed by atoms with Gasteiger partial charge in [0, 0.05) is 11.8 Å². The van der Waals surface area contributed by atoms with E-state index >= 15 is 0 Å². The van der Waals surface area contributed by atoms with E-state index in [0.717, 1.165) is 6.07 Å². The van der Waals surface area contributed by atoms with Crippen LogP contribution in [-0.2, 0) is 17.5 Å². The first-order chi connectivity index (χ1) is 11.2. The molecule has 2 N–H and O–H groups in total. The van der Waals surface area contributed by atoms with Gasteiger partial charge in [0.2, 0.25) is 5.91 Å². The Morgan fingerprint density at radius 1 is 1.33 bits per heavy atom. The van der Waals surface area contributed by atoms with Gasteiger partial charge >= 0.3 is 6.18 Å². The molecule has 2 aromatic rings. The van der Waals surface area contributed by atoms with Crippen LogP contribution in [0.25, 0.3) is 0 Å². The molecular formula is C16H16F3N3O2. The molecule has 1 atom stereocenters. The number of aromatic amines is 1. The van der Waals surface area contributed by atoms with E-state index in [4.69, 9.17) is 0 Å². The Bertz CT molecular complexity index is 800. The van der Waals surface area contributed by atoms with E-state index in [-0.39, 0.29) is 23.5 Å². The summed E-state index contributed by atoms with van der Waals surface area (Å²) in [4.78, 5) is 30.0. The second-order valence-electron chi connectivity index (χ2n) is 5.36. The number of hydrogen-bond donors (Lipinski definition) is 2.